The molecule has 6 heteroatoms. The molecule has 110 valence electrons. The Morgan fingerprint density at radius 2 is 1.95 bits per heavy atom. The highest BCUT2D eigenvalue weighted by Gasteiger charge is 2.15. The number of pyridine rings is 1. The number of anilines is 1. The molecule has 0 spiro atoms. The van der Waals surface area contributed by atoms with Crippen LogP contribution in [0.1, 0.15) is 16.1 Å². The predicted molar refractivity (Wildman–Crippen MR) is 86.0 cm³/mol. The zero-order valence-corrected chi connectivity index (χ0v) is 12.6. The number of aryl methyl sites for hydroxylation is 1. The predicted octanol–water partition coefficient (Wildman–Crippen LogP) is 3.69. The van der Waals surface area contributed by atoms with Gasteiger partial charge in [-0.3, -0.25) is 9.89 Å². The molecule has 0 aliphatic rings. The molecule has 0 saturated heterocycles. The number of amides is 1. The molecular formula is C16H13ClN4O. The summed E-state index contributed by atoms with van der Waals surface area (Å²) < 4.78 is 0. The number of carbonyl (C=O) groups is 1. The van der Waals surface area contributed by atoms with E-state index in [-0.39, 0.29) is 5.91 Å². The highest BCUT2D eigenvalue weighted by molar-refractivity contribution is 6.29. The van der Waals surface area contributed by atoms with Crippen LogP contribution >= 0.6 is 11.6 Å². The Hall–Kier alpha value is -2.66. The number of benzene rings is 1. The number of nitrogens with one attached hydrogen (secondary N) is 2. The summed E-state index contributed by atoms with van der Waals surface area (Å²) in [6.07, 6.45) is 1.44. The zero-order chi connectivity index (χ0) is 15.5. The van der Waals surface area contributed by atoms with Crippen LogP contribution in [0.3, 0.4) is 0 Å². The first-order chi connectivity index (χ1) is 10.6. The van der Waals surface area contributed by atoms with E-state index >= 15 is 0 Å². The third-order valence-corrected chi connectivity index (χ3v) is 3.46. The van der Waals surface area contributed by atoms with Crippen molar-refractivity contribution in [2.45, 2.75) is 6.92 Å². The van der Waals surface area contributed by atoms with Gasteiger partial charge in [-0.1, -0.05) is 41.9 Å². The van der Waals surface area contributed by atoms with Crippen LogP contribution in [0.4, 0.5) is 5.69 Å². The third kappa shape index (κ3) is 2.84. The Labute approximate surface area is 132 Å². The van der Waals surface area contributed by atoms with E-state index in [0.717, 1.165) is 11.3 Å². The van der Waals surface area contributed by atoms with Crippen molar-refractivity contribution >= 4 is 23.2 Å². The van der Waals surface area contributed by atoms with Crippen LogP contribution in [0.2, 0.25) is 5.15 Å². The van der Waals surface area contributed by atoms with E-state index in [1.807, 2.05) is 37.3 Å². The number of aromatic nitrogens is 3. The summed E-state index contributed by atoms with van der Waals surface area (Å²) in [6, 6.07) is 12.9. The van der Waals surface area contributed by atoms with Crippen LogP contribution in [0.15, 0.2) is 48.7 Å². The Kier molecular flexibility index (Phi) is 3.89. The molecule has 1 aromatic carbocycles. The average molecular weight is 313 g/mol. The van der Waals surface area contributed by atoms with Crippen molar-refractivity contribution in [2.75, 3.05) is 5.32 Å². The summed E-state index contributed by atoms with van der Waals surface area (Å²) in [5, 5.41) is 10.4. The van der Waals surface area contributed by atoms with E-state index in [4.69, 9.17) is 11.6 Å². The van der Waals surface area contributed by atoms with Crippen LogP contribution in [-0.4, -0.2) is 21.1 Å². The fourth-order valence-electron chi connectivity index (χ4n) is 2.09. The highest BCUT2D eigenvalue weighted by atomic mass is 35.5. The zero-order valence-electron chi connectivity index (χ0n) is 11.8. The molecule has 0 fully saturated rings. The molecule has 5 nitrogen and oxygen atoms in total. The van der Waals surface area contributed by atoms with E-state index in [1.165, 1.54) is 6.20 Å². The number of carbonyl (C=O) groups excluding carboxylic acids is 1. The summed E-state index contributed by atoms with van der Waals surface area (Å²) in [4.78, 5) is 16.2. The van der Waals surface area contributed by atoms with Gasteiger partial charge in [0.1, 0.15) is 5.15 Å². The van der Waals surface area contributed by atoms with Crippen molar-refractivity contribution in [2.24, 2.45) is 0 Å². The highest BCUT2D eigenvalue weighted by Crippen LogP contribution is 2.28. The SMILES string of the molecule is Cc1n[nH]c(-c2ccccc2)c1NC(=O)c1ccc(Cl)nc1. The molecule has 0 unspecified atom stereocenters. The molecular weight excluding hydrogens is 300 g/mol. The number of nitrogens with zero attached hydrogens (tertiary/aromatic N) is 2. The Morgan fingerprint density at radius 1 is 1.18 bits per heavy atom. The van der Waals surface area contributed by atoms with Gasteiger partial charge in [0.25, 0.3) is 5.91 Å². The third-order valence-electron chi connectivity index (χ3n) is 3.24. The normalized spacial score (nSPS) is 10.5. The molecule has 1 amide bonds. The van der Waals surface area contributed by atoms with E-state index in [0.29, 0.717) is 22.1 Å². The molecule has 0 bridgehead atoms. The first-order valence-corrected chi connectivity index (χ1v) is 7.06. The van der Waals surface area contributed by atoms with Crippen molar-refractivity contribution in [3.8, 4) is 11.3 Å². The van der Waals surface area contributed by atoms with Gasteiger partial charge in [-0.2, -0.15) is 5.10 Å². The molecule has 0 radical (unpaired) electrons. The molecule has 2 heterocycles. The number of halogens is 1. The Balaban J connectivity index is 1.91. The van der Waals surface area contributed by atoms with Crippen LogP contribution in [-0.2, 0) is 0 Å². The maximum atomic E-state index is 12.3. The van der Waals surface area contributed by atoms with E-state index in [2.05, 4.69) is 20.5 Å². The fraction of sp³-hybridized carbons (Fsp3) is 0.0625. The second kappa shape index (κ2) is 5.99. The fourth-order valence-corrected chi connectivity index (χ4v) is 2.21. The van der Waals surface area contributed by atoms with Crippen molar-refractivity contribution in [1.29, 1.82) is 0 Å². The minimum absolute atomic E-state index is 0.258. The smallest absolute Gasteiger partial charge is 0.257 e. The van der Waals surface area contributed by atoms with Crippen LogP contribution in [0, 0.1) is 6.92 Å². The number of hydrogen-bond donors (Lipinski definition) is 2. The van der Waals surface area contributed by atoms with E-state index < -0.39 is 0 Å². The van der Waals surface area contributed by atoms with Gasteiger partial charge >= 0.3 is 0 Å². The Bertz CT molecular complexity index is 797. The van der Waals surface area contributed by atoms with E-state index in [9.17, 15) is 4.79 Å². The largest absolute Gasteiger partial charge is 0.318 e. The lowest BCUT2D eigenvalue weighted by Crippen LogP contribution is -2.13. The van der Waals surface area contributed by atoms with Gasteiger partial charge < -0.3 is 5.32 Å². The summed E-state index contributed by atoms with van der Waals surface area (Å²) in [6.45, 7) is 1.83. The first-order valence-electron chi connectivity index (χ1n) is 6.68. The molecule has 0 saturated carbocycles. The summed E-state index contributed by atoms with van der Waals surface area (Å²) in [5.41, 5.74) is 3.53. The lowest BCUT2D eigenvalue weighted by Gasteiger charge is -2.07. The van der Waals surface area contributed by atoms with Gasteiger partial charge in [-0.15, -0.1) is 0 Å². The van der Waals surface area contributed by atoms with Gasteiger partial charge in [0.15, 0.2) is 0 Å². The number of hydrogen-bond acceptors (Lipinski definition) is 3. The molecule has 2 N–H and O–H groups in total. The van der Waals surface area contributed by atoms with Crippen molar-refractivity contribution in [3.05, 3.63) is 65.1 Å². The van der Waals surface area contributed by atoms with Crippen LogP contribution in [0.5, 0.6) is 0 Å². The molecule has 3 aromatic rings. The second-order valence-electron chi connectivity index (χ2n) is 4.75. The quantitative estimate of drug-likeness (QED) is 0.725. The average Bonchev–Trinajstić information content (AvgIpc) is 2.90. The minimum atomic E-state index is -0.258. The van der Waals surface area contributed by atoms with Gasteiger partial charge in [-0.25, -0.2) is 4.98 Å². The number of aromatic amines is 1. The molecule has 3 rings (SSSR count). The number of H-pyrrole nitrogens is 1. The summed E-state index contributed by atoms with van der Waals surface area (Å²) in [5.74, 6) is -0.258. The van der Waals surface area contributed by atoms with Gasteiger partial charge in [-0.05, 0) is 19.1 Å². The van der Waals surface area contributed by atoms with Gasteiger partial charge in [0, 0.05) is 11.8 Å². The standard InChI is InChI=1S/C16H13ClN4O/c1-10-14(15(21-20-10)11-5-3-2-4-6-11)19-16(22)12-7-8-13(17)18-9-12/h2-9H,1H3,(H,19,22)(H,20,21). The Morgan fingerprint density at radius 3 is 2.64 bits per heavy atom. The molecule has 0 aliphatic heterocycles. The first kappa shape index (κ1) is 14.3. The maximum Gasteiger partial charge on any atom is 0.257 e. The number of rotatable bonds is 3. The maximum absolute atomic E-state index is 12.3. The van der Waals surface area contributed by atoms with Crippen molar-refractivity contribution < 1.29 is 4.79 Å². The van der Waals surface area contributed by atoms with E-state index in [1.54, 1.807) is 12.1 Å². The molecule has 0 atom stereocenters. The topological polar surface area (TPSA) is 70.7 Å². The lowest BCUT2D eigenvalue weighted by atomic mass is 10.1. The monoisotopic (exact) mass is 312 g/mol. The van der Waals surface area contributed by atoms with Crippen molar-refractivity contribution in [3.63, 3.8) is 0 Å². The molecule has 0 aliphatic carbocycles. The molecule has 22 heavy (non-hydrogen) atoms. The lowest BCUT2D eigenvalue weighted by molar-refractivity contribution is 0.102. The summed E-state index contributed by atoms with van der Waals surface area (Å²) in [7, 11) is 0. The second-order valence-corrected chi connectivity index (χ2v) is 5.14. The van der Waals surface area contributed by atoms with Gasteiger partial charge in [0.05, 0.1) is 22.6 Å². The van der Waals surface area contributed by atoms with Crippen molar-refractivity contribution in [1.82, 2.24) is 15.2 Å². The van der Waals surface area contributed by atoms with Crippen LogP contribution < -0.4 is 5.32 Å². The summed E-state index contributed by atoms with van der Waals surface area (Å²) >= 11 is 5.73. The minimum Gasteiger partial charge on any atom is -0.318 e. The van der Waals surface area contributed by atoms with Gasteiger partial charge in [0.2, 0.25) is 0 Å². The van der Waals surface area contributed by atoms with Crippen LogP contribution in [0.25, 0.3) is 11.3 Å². The molecule has 2 aromatic heterocycles.